The van der Waals surface area contributed by atoms with Gasteiger partial charge in [-0.3, -0.25) is 14.3 Å². The zero-order chi connectivity index (χ0) is 32.8. The fraction of sp³-hybridized carbons (Fsp3) is 0.281. The third-order valence-electron chi connectivity index (χ3n) is 8.61. The number of nitrogen functional groups attached to an aromatic ring is 1. The maximum absolute atomic E-state index is 12.5. The van der Waals surface area contributed by atoms with Crippen LogP contribution in [0.15, 0.2) is 90.0 Å². The van der Waals surface area contributed by atoms with Gasteiger partial charge in [0.25, 0.3) is 5.56 Å². The van der Waals surface area contributed by atoms with Gasteiger partial charge in [0.2, 0.25) is 5.95 Å². The first-order valence-corrected chi connectivity index (χ1v) is 15.7. The molecule has 3 aromatic carbocycles. The Morgan fingerprint density at radius 2 is 1.64 bits per heavy atom. The lowest BCUT2D eigenvalue weighted by atomic mass is 9.79. The van der Waals surface area contributed by atoms with Crippen molar-refractivity contribution < 1.29 is 37.7 Å². The van der Waals surface area contributed by atoms with Crippen LogP contribution < -0.4 is 20.8 Å². The van der Waals surface area contributed by atoms with Crippen LogP contribution in [0.4, 0.5) is 5.95 Å². The predicted octanol–water partition coefficient (Wildman–Crippen LogP) is 3.43. The van der Waals surface area contributed by atoms with Gasteiger partial charge in [-0.15, -0.1) is 9.42 Å². The van der Waals surface area contributed by atoms with Gasteiger partial charge < -0.3 is 29.4 Å². The summed E-state index contributed by atoms with van der Waals surface area (Å²) in [5.41, 5.74) is 5.29. The third-order valence-corrected chi connectivity index (χ3v) is 9.02. The number of anilines is 1. The molecule has 242 valence electrons. The summed E-state index contributed by atoms with van der Waals surface area (Å²) in [5, 5.41) is 0. The Morgan fingerprint density at radius 3 is 2.23 bits per heavy atom. The molecule has 0 aliphatic carbocycles. The van der Waals surface area contributed by atoms with Crippen LogP contribution in [0, 0.1) is 0 Å². The number of aromatic amines is 1. The van der Waals surface area contributed by atoms with Crippen molar-refractivity contribution in [3.8, 4) is 11.5 Å². The van der Waals surface area contributed by atoms with Crippen LogP contribution in [-0.4, -0.2) is 69.7 Å². The molecule has 0 radical (unpaired) electrons. The van der Waals surface area contributed by atoms with Crippen LogP contribution in [0.5, 0.6) is 11.5 Å². The molecule has 0 amide bonds. The van der Waals surface area contributed by atoms with Crippen molar-refractivity contribution in [2.24, 2.45) is 0 Å². The number of nitrogens with one attached hydrogen (secondary N) is 1. The highest BCUT2D eigenvalue weighted by Gasteiger charge is 2.67. The molecule has 4 heterocycles. The molecule has 0 saturated carbocycles. The average Bonchev–Trinajstić information content (AvgIpc) is 3.75. The van der Waals surface area contributed by atoms with Crippen molar-refractivity contribution in [1.29, 1.82) is 0 Å². The Morgan fingerprint density at radius 1 is 1.02 bits per heavy atom. The first-order valence-electron chi connectivity index (χ1n) is 14.6. The Labute approximate surface area is 268 Å². The second-order valence-corrected chi connectivity index (χ2v) is 11.9. The number of hydrogen-bond acceptors (Lipinski definition) is 11. The molecule has 14 nitrogen and oxygen atoms in total. The van der Waals surface area contributed by atoms with Gasteiger partial charge in [0.15, 0.2) is 29.1 Å². The fourth-order valence-electron chi connectivity index (χ4n) is 6.41. The summed E-state index contributed by atoms with van der Waals surface area (Å²) in [6, 6.07) is 24.8. The lowest BCUT2D eigenvalue weighted by molar-refractivity contribution is -0.201. The first kappa shape index (κ1) is 30.9. The van der Waals surface area contributed by atoms with Gasteiger partial charge in [-0.1, -0.05) is 54.6 Å². The molecule has 2 aromatic heterocycles. The quantitative estimate of drug-likeness (QED) is 0.139. The molecular weight excluding hydrogens is 629 g/mol. The van der Waals surface area contributed by atoms with E-state index in [1.165, 1.54) is 10.9 Å². The predicted molar refractivity (Wildman–Crippen MR) is 168 cm³/mol. The van der Waals surface area contributed by atoms with E-state index in [-0.39, 0.29) is 30.3 Å². The van der Waals surface area contributed by atoms with Gasteiger partial charge in [0.1, 0.15) is 23.2 Å². The van der Waals surface area contributed by atoms with E-state index in [9.17, 15) is 14.3 Å². The van der Waals surface area contributed by atoms with Gasteiger partial charge in [-0.2, -0.15) is 4.98 Å². The molecule has 47 heavy (non-hydrogen) atoms. The number of methoxy groups -OCH3 is 2. The van der Waals surface area contributed by atoms with Gasteiger partial charge in [0.05, 0.1) is 33.8 Å². The monoisotopic (exact) mass is 660 g/mol. The van der Waals surface area contributed by atoms with E-state index >= 15 is 0 Å². The van der Waals surface area contributed by atoms with Gasteiger partial charge in [0, 0.05) is 4.57 Å². The molecule has 5 aromatic rings. The zero-order valence-electron chi connectivity index (χ0n) is 25.3. The highest BCUT2D eigenvalue weighted by atomic mass is 31.1. The number of H-pyrrole nitrogens is 1. The smallest absolute Gasteiger partial charge is 0.497 e. The van der Waals surface area contributed by atoms with Crippen molar-refractivity contribution in [1.82, 2.24) is 19.5 Å². The van der Waals surface area contributed by atoms with Crippen LogP contribution in [0.1, 0.15) is 22.9 Å². The normalized spacial score (nSPS) is 22.4. The first-order chi connectivity index (χ1) is 22.8. The topological polar surface area (TPSA) is 182 Å². The number of hydrogen-bond donors (Lipinski definition) is 3. The minimum Gasteiger partial charge on any atom is -0.497 e. The summed E-state index contributed by atoms with van der Waals surface area (Å²) in [6.45, 7) is -0.162. The molecule has 2 aliphatic rings. The van der Waals surface area contributed by atoms with E-state index in [2.05, 4.69) is 15.0 Å². The van der Waals surface area contributed by atoms with E-state index in [4.69, 9.17) is 33.9 Å². The number of fused-ring (bicyclic) bond motifs is 3. The lowest BCUT2D eigenvalue weighted by Crippen LogP contribution is -2.48. The van der Waals surface area contributed by atoms with Crippen molar-refractivity contribution in [3.05, 3.63) is 112 Å². The Bertz CT molecular complexity index is 1920. The summed E-state index contributed by atoms with van der Waals surface area (Å²) in [4.78, 5) is 33.3. The number of rotatable bonds is 11. The van der Waals surface area contributed by atoms with E-state index in [0.717, 1.165) is 16.7 Å². The number of nitrogens with zero attached hydrogens (tertiary/aromatic N) is 3. The highest BCUT2D eigenvalue weighted by Crippen LogP contribution is 2.51. The molecule has 7 rings (SSSR count). The van der Waals surface area contributed by atoms with Gasteiger partial charge in [-0.05, 0) is 41.0 Å². The van der Waals surface area contributed by atoms with E-state index in [1.54, 1.807) is 14.2 Å². The third kappa shape index (κ3) is 5.25. The van der Waals surface area contributed by atoms with Gasteiger partial charge in [-0.25, -0.2) is 4.98 Å². The second-order valence-electron chi connectivity index (χ2n) is 11.2. The molecule has 5 atom stereocenters. The average molecular weight is 661 g/mol. The summed E-state index contributed by atoms with van der Waals surface area (Å²) in [6.07, 6.45) is -1.48. The number of imidazole rings is 1. The van der Waals surface area contributed by atoms with Crippen LogP contribution in [-0.2, 0) is 28.9 Å². The molecule has 0 spiro atoms. The highest BCUT2D eigenvalue weighted by molar-refractivity contribution is 7.32. The molecule has 2 unspecified atom stereocenters. The molecule has 2 saturated heterocycles. The van der Waals surface area contributed by atoms with Crippen LogP contribution in [0.2, 0.25) is 0 Å². The largest absolute Gasteiger partial charge is 0.695 e. The standard InChI is InChI=1S/C32H30N5O9P/c1-41-22-12-8-20(9-13-22)32(19-6-4-3-5-7-19,21-10-14-23(42-2)15-11-21)44-17-31-16-43-25(26(31)46-47(39)40)29(45-31)37-18-34-24-27(37)35-30(33)36-28(24)38/h3-15,18,25-26,29H,16-17H2,1-2H3,(H3-,33,35,36,38,39,40)/p+1/t25-,26?,29-,31+/m1/s1. The van der Waals surface area contributed by atoms with Crippen molar-refractivity contribution in [3.63, 3.8) is 0 Å². The van der Waals surface area contributed by atoms with Crippen LogP contribution in [0.25, 0.3) is 11.2 Å². The summed E-state index contributed by atoms with van der Waals surface area (Å²) in [5.74, 6) is 1.22. The molecule has 2 fully saturated rings. The summed E-state index contributed by atoms with van der Waals surface area (Å²) in [7, 11) is 0.123. The number of ether oxygens (including phenoxy) is 5. The number of benzene rings is 3. The van der Waals surface area contributed by atoms with E-state index in [0.29, 0.717) is 11.5 Å². The molecular formula is C32H31N5O9P+. The van der Waals surface area contributed by atoms with Crippen molar-refractivity contribution in [2.75, 3.05) is 33.2 Å². The molecule has 4 N–H and O–H groups in total. The fourth-order valence-corrected chi connectivity index (χ4v) is 6.91. The Hall–Kier alpha value is -4.69. The second kappa shape index (κ2) is 12.2. The van der Waals surface area contributed by atoms with Crippen molar-refractivity contribution in [2.45, 2.75) is 29.6 Å². The minimum atomic E-state index is -3.07. The van der Waals surface area contributed by atoms with Crippen LogP contribution in [0.3, 0.4) is 0 Å². The SMILES string of the molecule is COc1ccc(C(OC[C@@]23CO[C@H](C2O[P+](=O)O)[C@H](n2cnc4c(=O)[nH]c(N)nc42)O3)(c2ccccc2)c2ccc(OC)cc2)cc1. The number of aromatic nitrogens is 4. The summed E-state index contributed by atoms with van der Waals surface area (Å²) >= 11 is 0. The molecule has 15 heteroatoms. The lowest BCUT2D eigenvalue weighted by Gasteiger charge is -2.39. The maximum Gasteiger partial charge on any atom is 0.695 e. The van der Waals surface area contributed by atoms with Gasteiger partial charge >= 0.3 is 8.25 Å². The number of nitrogens with two attached hydrogens (primary N) is 1. The Kier molecular flexibility index (Phi) is 8.00. The molecule has 2 bridgehead atoms. The van der Waals surface area contributed by atoms with E-state index < -0.39 is 43.5 Å². The zero-order valence-corrected chi connectivity index (χ0v) is 26.2. The molecule has 2 aliphatic heterocycles. The maximum atomic E-state index is 12.5. The summed E-state index contributed by atoms with van der Waals surface area (Å²) < 4.78 is 50.0. The minimum absolute atomic E-state index is 0.0130. The van der Waals surface area contributed by atoms with Crippen molar-refractivity contribution >= 4 is 25.4 Å². The Balaban J connectivity index is 1.34. The van der Waals surface area contributed by atoms with Crippen LogP contribution >= 0.6 is 8.25 Å². The van der Waals surface area contributed by atoms with E-state index in [1.807, 2.05) is 78.9 Å².